The van der Waals surface area contributed by atoms with Gasteiger partial charge in [0, 0.05) is 11.6 Å². The number of benzene rings is 2. The molecule has 1 unspecified atom stereocenters. The first-order chi connectivity index (χ1) is 11.5. The van der Waals surface area contributed by atoms with E-state index >= 15 is 0 Å². The Hall–Kier alpha value is -2.89. The average Bonchev–Trinajstić information content (AvgIpc) is 2.55. The molecule has 0 aliphatic rings. The topological polar surface area (TPSA) is 81.4 Å². The normalized spacial score (nSPS) is 11.6. The van der Waals surface area contributed by atoms with E-state index in [0.717, 1.165) is 0 Å². The highest BCUT2D eigenvalue weighted by Crippen LogP contribution is 2.12. The van der Waals surface area contributed by atoms with Crippen LogP contribution in [0.3, 0.4) is 0 Å². The van der Waals surface area contributed by atoms with Gasteiger partial charge in [-0.15, -0.1) is 0 Å². The van der Waals surface area contributed by atoms with Gasteiger partial charge in [-0.1, -0.05) is 18.2 Å². The molecule has 126 valence electrons. The summed E-state index contributed by atoms with van der Waals surface area (Å²) in [6.07, 6.45) is 0.395. The second kappa shape index (κ2) is 8.10. The number of hydrogen-bond acceptors (Lipinski definition) is 3. The monoisotopic (exact) mass is 330 g/mol. The predicted octanol–water partition coefficient (Wildman–Crippen LogP) is 2.05. The van der Waals surface area contributed by atoms with Gasteiger partial charge in [0.15, 0.2) is 6.61 Å². The third-order valence-corrected chi connectivity index (χ3v) is 3.40. The molecule has 0 aliphatic carbocycles. The maximum absolute atomic E-state index is 13.6. The summed E-state index contributed by atoms with van der Waals surface area (Å²) in [4.78, 5) is 22.8. The van der Waals surface area contributed by atoms with E-state index < -0.39 is 5.91 Å². The Balaban J connectivity index is 1.80. The Morgan fingerprint density at radius 1 is 1.17 bits per heavy atom. The zero-order chi connectivity index (χ0) is 17.5. The lowest BCUT2D eigenvalue weighted by Crippen LogP contribution is -2.37. The van der Waals surface area contributed by atoms with Gasteiger partial charge >= 0.3 is 0 Å². The standard InChI is InChI=1S/C18H19FN2O3/c1-12(10-14-4-2-3-5-16(14)19)21-17(22)11-24-15-8-6-13(7-9-15)18(20)23/h2-9,12H,10-11H2,1H3,(H2,20,23)(H,21,22). The average molecular weight is 330 g/mol. The summed E-state index contributed by atoms with van der Waals surface area (Å²) in [6.45, 7) is 1.63. The van der Waals surface area contributed by atoms with E-state index in [9.17, 15) is 14.0 Å². The van der Waals surface area contributed by atoms with E-state index in [4.69, 9.17) is 10.5 Å². The molecule has 0 aliphatic heterocycles. The lowest BCUT2D eigenvalue weighted by atomic mass is 10.1. The Morgan fingerprint density at radius 2 is 1.83 bits per heavy atom. The number of nitrogens with two attached hydrogens (primary N) is 1. The highest BCUT2D eigenvalue weighted by atomic mass is 19.1. The second-order valence-corrected chi connectivity index (χ2v) is 5.44. The zero-order valence-corrected chi connectivity index (χ0v) is 13.3. The zero-order valence-electron chi connectivity index (χ0n) is 13.3. The molecule has 0 fully saturated rings. The van der Waals surface area contributed by atoms with Crippen LogP contribution in [0.1, 0.15) is 22.8 Å². The van der Waals surface area contributed by atoms with Crippen LogP contribution in [-0.2, 0) is 11.2 Å². The van der Waals surface area contributed by atoms with Gasteiger partial charge in [0.2, 0.25) is 5.91 Å². The van der Waals surface area contributed by atoms with Crippen molar-refractivity contribution < 1.29 is 18.7 Å². The molecule has 24 heavy (non-hydrogen) atoms. The van der Waals surface area contributed by atoms with Crippen molar-refractivity contribution in [1.82, 2.24) is 5.32 Å². The molecule has 2 amide bonds. The summed E-state index contributed by atoms with van der Waals surface area (Å²) in [7, 11) is 0. The first-order valence-corrected chi connectivity index (χ1v) is 7.51. The smallest absolute Gasteiger partial charge is 0.258 e. The van der Waals surface area contributed by atoms with Crippen molar-refractivity contribution in [3.05, 3.63) is 65.5 Å². The van der Waals surface area contributed by atoms with Crippen LogP contribution < -0.4 is 15.8 Å². The van der Waals surface area contributed by atoms with E-state index in [1.165, 1.54) is 18.2 Å². The SMILES string of the molecule is CC(Cc1ccccc1F)NC(=O)COc1ccc(C(N)=O)cc1. The Bertz CT molecular complexity index is 716. The summed E-state index contributed by atoms with van der Waals surface area (Å²) >= 11 is 0. The third-order valence-electron chi connectivity index (χ3n) is 3.40. The molecule has 2 rings (SSSR count). The fourth-order valence-electron chi connectivity index (χ4n) is 2.23. The highest BCUT2D eigenvalue weighted by molar-refractivity contribution is 5.92. The number of amides is 2. The third kappa shape index (κ3) is 5.08. The van der Waals surface area contributed by atoms with Crippen LogP contribution in [0, 0.1) is 5.82 Å². The lowest BCUT2D eigenvalue weighted by Gasteiger charge is -2.15. The van der Waals surface area contributed by atoms with Gasteiger partial charge in [0.25, 0.3) is 5.91 Å². The van der Waals surface area contributed by atoms with E-state index in [2.05, 4.69) is 5.32 Å². The number of carbonyl (C=O) groups is 2. The van der Waals surface area contributed by atoms with Crippen LogP contribution >= 0.6 is 0 Å². The summed E-state index contributed by atoms with van der Waals surface area (Å²) in [5.74, 6) is -0.666. The van der Waals surface area contributed by atoms with Gasteiger partial charge in [-0.3, -0.25) is 9.59 Å². The van der Waals surface area contributed by atoms with E-state index in [0.29, 0.717) is 23.3 Å². The maximum atomic E-state index is 13.6. The summed E-state index contributed by atoms with van der Waals surface area (Å²) in [5.41, 5.74) is 6.06. The van der Waals surface area contributed by atoms with Crippen LogP contribution in [-0.4, -0.2) is 24.5 Å². The molecular formula is C18H19FN2O3. The van der Waals surface area contributed by atoms with Crippen molar-refractivity contribution in [1.29, 1.82) is 0 Å². The Labute approximate surface area is 139 Å². The van der Waals surface area contributed by atoms with Crippen LogP contribution in [0.4, 0.5) is 4.39 Å². The molecule has 0 saturated carbocycles. The molecular weight excluding hydrogens is 311 g/mol. The summed E-state index contributed by atoms with van der Waals surface area (Å²) in [6, 6.07) is 12.4. The molecule has 0 heterocycles. The van der Waals surface area contributed by atoms with E-state index in [1.807, 2.05) is 0 Å². The first-order valence-electron chi connectivity index (χ1n) is 7.51. The number of hydrogen-bond donors (Lipinski definition) is 2. The quantitative estimate of drug-likeness (QED) is 0.815. The minimum Gasteiger partial charge on any atom is -0.484 e. The van der Waals surface area contributed by atoms with Crippen molar-refractivity contribution >= 4 is 11.8 Å². The summed E-state index contributed by atoms with van der Waals surface area (Å²) < 4.78 is 18.9. The predicted molar refractivity (Wildman–Crippen MR) is 88.2 cm³/mol. The minimum absolute atomic E-state index is 0.169. The minimum atomic E-state index is -0.527. The lowest BCUT2D eigenvalue weighted by molar-refractivity contribution is -0.123. The molecule has 2 aromatic rings. The van der Waals surface area contributed by atoms with Gasteiger partial charge in [0.05, 0.1) is 0 Å². The van der Waals surface area contributed by atoms with Gasteiger partial charge in [-0.2, -0.15) is 0 Å². The molecule has 5 nitrogen and oxygen atoms in total. The molecule has 0 radical (unpaired) electrons. The van der Waals surface area contributed by atoms with E-state index in [1.54, 1.807) is 37.3 Å². The number of ether oxygens (including phenoxy) is 1. The molecule has 0 spiro atoms. The van der Waals surface area contributed by atoms with Crippen molar-refractivity contribution in [2.75, 3.05) is 6.61 Å². The molecule has 0 saturated heterocycles. The summed E-state index contributed by atoms with van der Waals surface area (Å²) in [5, 5.41) is 2.75. The number of carbonyl (C=O) groups excluding carboxylic acids is 2. The number of rotatable bonds is 7. The molecule has 3 N–H and O–H groups in total. The Morgan fingerprint density at radius 3 is 2.46 bits per heavy atom. The van der Waals surface area contributed by atoms with Crippen LogP contribution in [0.25, 0.3) is 0 Å². The van der Waals surface area contributed by atoms with Crippen LogP contribution in [0.15, 0.2) is 48.5 Å². The second-order valence-electron chi connectivity index (χ2n) is 5.44. The fourth-order valence-corrected chi connectivity index (χ4v) is 2.23. The maximum Gasteiger partial charge on any atom is 0.258 e. The van der Waals surface area contributed by atoms with Crippen molar-refractivity contribution in [3.8, 4) is 5.75 Å². The molecule has 1 atom stereocenters. The van der Waals surface area contributed by atoms with Gasteiger partial charge < -0.3 is 15.8 Å². The van der Waals surface area contributed by atoms with Crippen molar-refractivity contribution in [2.45, 2.75) is 19.4 Å². The Kier molecular flexibility index (Phi) is 5.89. The molecule has 6 heteroatoms. The largest absolute Gasteiger partial charge is 0.484 e. The van der Waals surface area contributed by atoms with Crippen LogP contribution in [0.2, 0.25) is 0 Å². The number of primary amides is 1. The van der Waals surface area contributed by atoms with Crippen LogP contribution in [0.5, 0.6) is 5.75 Å². The molecule has 2 aromatic carbocycles. The van der Waals surface area contributed by atoms with Crippen molar-refractivity contribution in [2.24, 2.45) is 5.73 Å². The van der Waals surface area contributed by atoms with E-state index in [-0.39, 0.29) is 24.4 Å². The van der Waals surface area contributed by atoms with Crippen molar-refractivity contribution in [3.63, 3.8) is 0 Å². The molecule has 0 bridgehead atoms. The highest BCUT2D eigenvalue weighted by Gasteiger charge is 2.11. The molecule has 0 aromatic heterocycles. The van der Waals surface area contributed by atoms with Gasteiger partial charge in [-0.05, 0) is 49.2 Å². The number of halogens is 1. The fraction of sp³-hybridized carbons (Fsp3) is 0.222. The first kappa shape index (κ1) is 17.5. The van der Waals surface area contributed by atoms with Gasteiger partial charge in [-0.25, -0.2) is 4.39 Å². The number of nitrogens with one attached hydrogen (secondary N) is 1. The van der Waals surface area contributed by atoms with Gasteiger partial charge in [0.1, 0.15) is 11.6 Å².